The molecular weight excluding hydrogens is 272 g/mol. The van der Waals surface area contributed by atoms with E-state index in [0.29, 0.717) is 17.8 Å². The fraction of sp³-hybridized carbons (Fsp3) is 0.188. The first-order chi connectivity index (χ1) is 10.0. The summed E-state index contributed by atoms with van der Waals surface area (Å²) in [6, 6.07) is 12.6. The maximum atomic E-state index is 14.1. The van der Waals surface area contributed by atoms with E-state index in [4.69, 9.17) is 5.73 Å². The molecule has 0 aromatic heterocycles. The lowest BCUT2D eigenvalue weighted by atomic mass is 9.90. The Bertz CT molecular complexity index is 714. The molecule has 1 aliphatic rings. The van der Waals surface area contributed by atoms with Crippen molar-refractivity contribution in [2.45, 2.75) is 12.5 Å². The molecule has 2 N–H and O–H groups in total. The summed E-state index contributed by atoms with van der Waals surface area (Å²) in [5, 5.41) is 0. The standard InChI is InChI=1S/C16H15F2N3/c1-16(11-5-4-6-12(17)9-11)10-20-15(19)21(16)14-8-3-2-7-13(14)18/h2-9H,10H2,1H3,(H2,19,20). The van der Waals surface area contributed by atoms with Crippen LogP contribution in [0.25, 0.3) is 0 Å². The Morgan fingerprint density at radius 3 is 2.62 bits per heavy atom. The Labute approximate surface area is 121 Å². The highest BCUT2D eigenvalue weighted by Crippen LogP contribution is 2.37. The number of benzene rings is 2. The zero-order valence-corrected chi connectivity index (χ0v) is 11.6. The van der Waals surface area contributed by atoms with E-state index in [2.05, 4.69) is 4.99 Å². The number of hydrogen-bond donors (Lipinski definition) is 1. The number of hydrogen-bond acceptors (Lipinski definition) is 3. The van der Waals surface area contributed by atoms with E-state index < -0.39 is 5.54 Å². The average molecular weight is 287 g/mol. The number of halogens is 2. The maximum absolute atomic E-state index is 14.1. The van der Waals surface area contributed by atoms with Gasteiger partial charge in [0.25, 0.3) is 0 Å². The molecule has 3 nitrogen and oxygen atoms in total. The second kappa shape index (κ2) is 4.84. The van der Waals surface area contributed by atoms with Gasteiger partial charge in [0.15, 0.2) is 5.96 Å². The summed E-state index contributed by atoms with van der Waals surface area (Å²) < 4.78 is 27.7. The number of nitrogens with zero attached hydrogens (tertiary/aromatic N) is 2. The molecule has 1 heterocycles. The predicted molar refractivity (Wildman–Crippen MR) is 79.1 cm³/mol. The van der Waals surface area contributed by atoms with E-state index in [1.807, 2.05) is 6.92 Å². The number of aliphatic imine (C=N–C) groups is 1. The van der Waals surface area contributed by atoms with Crippen LogP contribution < -0.4 is 10.6 Å². The Morgan fingerprint density at radius 1 is 1.14 bits per heavy atom. The zero-order chi connectivity index (χ0) is 15.0. The van der Waals surface area contributed by atoms with Gasteiger partial charge in [-0.25, -0.2) is 8.78 Å². The molecule has 1 aliphatic heterocycles. The van der Waals surface area contributed by atoms with Crippen molar-refractivity contribution in [3.8, 4) is 0 Å². The third-order valence-corrected chi connectivity index (χ3v) is 3.81. The van der Waals surface area contributed by atoms with Gasteiger partial charge < -0.3 is 5.73 Å². The van der Waals surface area contributed by atoms with Crippen molar-refractivity contribution in [2.24, 2.45) is 10.7 Å². The molecule has 0 bridgehead atoms. The lowest BCUT2D eigenvalue weighted by Crippen LogP contribution is -2.48. The average Bonchev–Trinajstić information content (AvgIpc) is 2.77. The fourth-order valence-electron chi connectivity index (χ4n) is 2.70. The highest BCUT2D eigenvalue weighted by atomic mass is 19.1. The number of guanidine groups is 1. The van der Waals surface area contributed by atoms with E-state index in [-0.39, 0.29) is 17.6 Å². The molecule has 2 aromatic carbocycles. The van der Waals surface area contributed by atoms with Crippen LogP contribution in [0.5, 0.6) is 0 Å². The molecule has 0 saturated heterocycles. The summed E-state index contributed by atoms with van der Waals surface area (Å²) in [5.41, 5.74) is 6.27. The van der Waals surface area contributed by atoms with Gasteiger partial charge in [-0.15, -0.1) is 0 Å². The molecule has 0 fully saturated rings. The van der Waals surface area contributed by atoms with E-state index in [1.54, 1.807) is 35.2 Å². The van der Waals surface area contributed by atoms with Crippen molar-refractivity contribution >= 4 is 11.6 Å². The lowest BCUT2D eigenvalue weighted by molar-refractivity contribution is 0.514. The number of para-hydroxylation sites is 1. The molecule has 0 spiro atoms. The first kappa shape index (κ1) is 13.5. The zero-order valence-electron chi connectivity index (χ0n) is 11.6. The van der Waals surface area contributed by atoms with E-state index in [9.17, 15) is 8.78 Å². The van der Waals surface area contributed by atoms with Crippen LogP contribution in [0.1, 0.15) is 12.5 Å². The molecule has 21 heavy (non-hydrogen) atoms. The molecule has 0 amide bonds. The summed E-state index contributed by atoms with van der Waals surface area (Å²) in [6.45, 7) is 2.22. The summed E-state index contributed by atoms with van der Waals surface area (Å²) >= 11 is 0. The second-order valence-electron chi connectivity index (χ2n) is 5.25. The van der Waals surface area contributed by atoms with Gasteiger partial charge in [-0.3, -0.25) is 9.89 Å². The van der Waals surface area contributed by atoms with Gasteiger partial charge in [0.1, 0.15) is 11.6 Å². The minimum absolute atomic E-state index is 0.229. The van der Waals surface area contributed by atoms with E-state index in [0.717, 1.165) is 0 Å². The second-order valence-corrected chi connectivity index (χ2v) is 5.25. The van der Waals surface area contributed by atoms with Gasteiger partial charge in [-0.1, -0.05) is 24.3 Å². The largest absolute Gasteiger partial charge is 0.369 e. The van der Waals surface area contributed by atoms with Gasteiger partial charge in [0.2, 0.25) is 0 Å². The molecule has 108 valence electrons. The minimum atomic E-state index is -0.714. The quantitative estimate of drug-likeness (QED) is 0.922. The van der Waals surface area contributed by atoms with Crippen LogP contribution in [0.4, 0.5) is 14.5 Å². The summed E-state index contributed by atoms with van der Waals surface area (Å²) in [7, 11) is 0. The fourth-order valence-corrected chi connectivity index (χ4v) is 2.70. The van der Waals surface area contributed by atoms with E-state index in [1.165, 1.54) is 18.2 Å². The number of anilines is 1. The molecule has 3 rings (SSSR count). The third-order valence-electron chi connectivity index (χ3n) is 3.81. The normalized spacial score (nSPS) is 21.5. The molecule has 5 heteroatoms. The van der Waals surface area contributed by atoms with Gasteiger partial charge >= 0.3 is 0 Å². The first-order valence-corrected chi connectivity index (χ1v) is 6.63. The van der Waals surface area contributed by atoms with Crippen molar-refractivity contribution in [2.75, 3.05) is 11.4 Å². The van der Waals surface area contributed by atoms with Crippen LogP contribution in [0.15, 0.2) is 53.5 Å². The van der Waals surface area contributed by atoms with Crippen LogP contribution in [0, 0.1) is 11.6 Å². The molecule has 0 saturated carbocycles. The molecular formula is C16H15F2N3. The summed E-state index contributed by atoms with van der Waals surface area (Å²) in [4.78, 5) is 5.85. The van der Waals surface area contributed by atoms with Gasteiger partial charge in [-0.2, -0.15) is 0 Å². The molecule has 1 atom stereocenters. The summed E-state index contributed by atoms with van der Waals surface area (Å²) in [5.74, 6) is -0.500. The van der Waals surface area contributed by atoms with Gasteiger partial charge in [0, 0.05) is 0 Å². The van der Waals surface area contributed by atoms with Crippen LogP contribution in [-0.4, -0.2) is 12.5 Å². The van der Waals surface area contributed by atoms with Gasteiger partial charge in [-0.05, 0) is 36.8 Å². The lowest BCUT2D eigenvalue weighted by Gasteiger charge is -2.36. The van der Waals surface area contributed by atoms with Gasteiger partial charge in [0.05, 0.1) is 17.8 Å². The SMILES string of the molecule is CC1(c2cccc(F)c2)CN=C(N)N1c1ccccc1F. The highest BCUT2D eigenvalue weighted by molar-refractivity contribution is 5.98. The first-order valence-electron chi connectivity index (χ1n) is 6.63. The maximum Gasteiger partial charge on any atom is 0.196 e. The summed E-state index contributed by atoms with van der Waals surface area (Å²) in [6.07, 6.45) is 0. The predicted octanol–water partition coefficient (Wildman–Crippen LogP) is 3.01. The molecule has 1 unspecified atom stereocenters. The topological polar surface area (TPSA) is 41.6 Å². The Hall–Kier alpha value is -2.43. The van der Waals surface area contributed by atoms with Crippen molar-refractivity contribution in [1.82, 2.24) is 0 Å². The van der Waals surface area contributed by atoms with Crippen molar-refractivity contribution in [3.63, 3.8) is 0 Å². The van der Waals surface area contributed by atoms with Crippen LogP contribution in [0.3, 0.4) is 0 Å². The Kier molecular flexibility index (Phi) is 3.12. The van der Waals surface area contributed by atoms with Crippen molar-refractivity contribution in [3.05, 3.63) is 65.7 Å². The minimum Gasteiger partial charge on any atom is -0.369 e. The monoisotopic (exact) mass is 287 g/mol. The smallest absolute Gasteiger partial charge is 0.196 e. The van der Waals surface area contributed by atoms with Crippen LogP contribution in [-0.2, 0) is 5.54 Å². The Balaban J connectivity index is 2.13. The highest BCUT2D eigenvalue weighted by Gasteiger charge is 2.41. The number of nitrogens with two attached hydrogens (primary N) is 1. The Morgan fingerprint density at radius 2 is 1.90 bits per heavy atom. The van der Waals surface area contributed by atoms with Crippen LogP contribution >= 0.6 is 0 Å². The molecule has 0 aliphatic carbocycles. The van der Waals surface area contributed by atoms with E-state index >= 15 is 0 Å². The number of rotatable bonds is 2. The van der Waals surface area contributed by atoms with Crippen LogP contribution in [0.2, 0.25) is 0 Å². The third kappa shape index (κ3) is 2.14. The van der Waals surface area contributed by atoms with Crippen molar-refractivity contribution < 1.29 is 8.78 Å². The van der Waals surface area contributed by atoms with Crippen molar-refractivity contribution in [1.29, 1.82) is 0 Å². The molecule has 0 radical (unpaired) electrons. The molecule has 2 aromatic rings.